The summed E-state index contributed by atoms with van der Waals surface area (Å²) in [6.07, 6.45) is 1.43. The fourth-order valence-electron chi connectivity index (χ4n) is 3.42. The lowest BCUT2D eigenvalue weighted by molar-refractivity contribution is -0.117. The Morgan fingerprint density at radius 2 is 1.69 bits per heavy atom. The Kier molecular flexibility index (Phi) is 5.08. The number of rotatable bonds is 3. The van der Waals surface area contributed by atoms with Crippen LogP contribution in [-0.2, 0) is 11.2 Å². The third-order valence-corrected chi connectivity index (χ3v) is 4.73. The average Bonchev–Trinajstić information content (AvgIpc) is 2.56. The zero-order valence-electron chi connectivity index (χ0n) is 15.6. The van der Waals surface area contributed by atoms with Gasteiger partial charge in [-0.3, -0.25) is 9.79 Å². The van der Waals surface area contributed by atoms with Crippen molar-refractivity contribution in [3.63, 3.8) is 0 Å². The number of aliphatic imine (C=N–C) groups is 1. The Morgan fingerprint density at radius 3 is 2.38 bits per heavy atom. The van der Waals surface area contributed by atoms with Crippen molar-refractivity contribution in [3.05, 3.63) is 77.1 Å². The van der Waals surface area contributed by atoms with Gasteiger partial charge in [-0.2, -0.15) is 0 Å². The van der Waals surface area contributed by atoms with E-state index in [1.807, 2.05) is 61.5 Å². The molecule has 0 spiro atoms. The first-order chi connectivity index (χ1) is 12.4. The minimum Gasteiger partial charge on any atom is -0.511 e. The Bertz CT molecular complexity index is 876. The molecule has 0 amide bonds. The highest BCUT2D eigenvalue weighted by molar-refractivity contribution is 6.25. The molecule has 3 nitrogen and oxygen atoms in total. The van der Waals surface area contributed by atoms with Gasteiger partial charge in [-0.25, -0.2) is 0 Å². The van der Waals surface area contributed by atoms with E-state index < -0.39 is 0 Å². The van der Waals surface area contributed by atoms with Crippen molar-refractivity contribution in [2.45, 2.75) is 40.0 Å². The van der Waals surface area contributed by atoms with Crippen molar-refractivity contribution < 1.29 is 9.90 Å². The standard InChI is InChI=1S/C23H25NO2/c1-16-9-7-8-12-18(16)24-19-14-23(2,3)15-21(26)22(19)20(25)13-17-10-5-4-6-11-17/h4-12,25H,13-15H2,1-3H3/b22-20+,24-19?. The zero-order valence-corrected chi connectivity index (χ0v) is 15.6. The number of para-hydroxylation sites is 1. The van der Waals surface area contributed by atoms with E-state index in [1.165, 1.54) is 0 Å². The molecule has 1 N–H and O–H groups in total. The van der Waals surface area contributed by atoms with E-state index in [2.05, 4.69) is 13.8 Å². The van der Waals surface area contributed by atoms with Gasteiger partial charge in [0.25, 0.3) is 0 Å². The number of nitrogens with zero attached hydrogens (tertiary/aromatic N) is 1. The lowest BCUT2D eigenvalue weighted by Crippen LogP contribution is -2.32. The predicted molar refractivity (Wildman–Crippen MR) is 106 cm³/mol. The highest BCUT2D eigenvalue weighted by Crippen LogP contribution is 2.37. The molecule has 0 bridgehead atoms. The van der Waals surface area contributed by atoms with Gasteiger partial charge < -0.3 is 5.11 Å². The van der Waals surface area contributed by atoms with Crippen LogP contribution in [0.15, 0.2) is 70.9 Å². The first-order valence-electron chi connectivity index (χ1n) is 8.98. The second-order valence-corrected chi connectivity index (χ2v) is 7.77. The maximum Gasteiger partial charge on any atom is 0.168 e. The molecule has 0 radical (unpaired) electrons. The van der Waals surface area contributed by atoms with Crippen LogP contribution >= 0.6 is 0 Å². The molecular formula is C23H25NO2. The number of benzene rings is 2. The highest BCUT2D eigenvalue weighted by Gasteiger charge is 2.36. The number of aliphatic hydroxyl groups is 1. The number of Topliss-reactive ketones (excluding diaryl/α,β-unsaturated/α-hetero) is 1. The van der Waals surface area contributed by atoms with Crippen LogP contribution in [0.2, 0.25) is 0 Å². The molecule has 1 aliphatic carbocycles. The number of hydrogen-bond acceptors (Lipinski definition) is 3. The molecule has 2 aromatic rings. The molecule has 0 saturated heterocycles. The molecule has 134 valence electrons. The smallest absolute Gasteiger partial charge is 0.168 e. The quantitative estimate of drug-likeness (QED) is 0.588. The molecule has 26 heavy (non-hydrogen) atoms. The van der Waals surface area contributed by atoms with Crippen LogP contribution in [0, 0.1) is 12.3 Å². The monoisotopic (exact) mass is 347 g/mol. The van der Waals surface area contributed by atoms with Crippen molar-refractivity contribution in [3.8, 4) is 0 Å². The molecule has 2 aromatic carbocycles. The number of allylic oxidation sites excluding steroid dienone is 2. The molecular weight excluding hydrogens is 322 g/mol. The summed E-state index contributed by atoms with van der Waals surface area (Å²) in [5.74, 6) is 0.0889. The molecule has 3 heteroatoms. The Morgan fingerprint density at radius 1 is 1.04 bits per heavy atom. The van der Waals surface area contributed by atoms with Gasteiger partial charge in [-0.05, 0) is 36.0 Å². The van der Waals surface area contributed by atoms with Crippen molar-refractivity contribution in [1.29, 1.82) is 0 Å². The molecule has 0 heterocycles. The van der Waals surface area contributed by atoms with Crippen LogP contribution in [0.25, 0.3) is 0 Å². The van der Waals surface area contributed by atoms with Gasteiger partial charge in [0.05, 0.1) is 17.0 Å². The lowest BCUT2D eigenvalue weighted by atomic mass is 9.73. The van der Waals surface area contributed by atoms with Crippen LogP contribution in [0.1, 0.15) is 37.8 Å². The second-order valence-electron chi connectivity index (χ2n) is 7.77. The summed E-state index contributed by atoms with van der Waals surface area (Å²) in [6.45, 7) is 6.15. The van der Waals surface area contributed by atoms with Crippen molar-refractivity contribution >= 4 is 17.2 Å². The molecule has 3 rings (SSSR count). The van der Waals surface area contributed by atoms with Gasteiger partial charge in [-0.15, -0.1) is 0 Å². The molecule has 0 aromatic heterocycles. The second kappa shape index (κ2) is 7.28. The Balaban J connectivity index is 2.06. The first-order valence-corrected chi connectivity index (χ1v) is 8.98. The molecule has 0 aliphatic heterocycles. The van der Waals surface area contributed by atoms with Crippen LogP contribution in [-0.4, -0.2) is 16.6 Å². The predicted octanol–water partition coefficient (Wildman–Crippen LogP) is 5.51. The van der Waals surface area contributed by atoms with E-state index in [9.17, 15) is 9.90 Å². The number of carbonyl (C=O) groups is 1. The maximum atomic E-state index is 12.8. The van der Waals surface area contributed by atoms with E-state index in [4.69, 9.17) is 4.99 Å². The zero-order chi connectivity index (χ0) is 18.7. The van der Waals surface area contributed by atoms with Gasteiger partial charge in [0.15, 0.2) is 5.78 Å². The third-order valence-electron chi connectivity index (χ3n) is 4.73. The summed E-state index contributed by atoms with van der Waals surface area (Å²) in [5, 5.41) is 10.8. The fourth-order valence-corrected chi connectivity index (χ4v) is 3.42. The number of aliphatic hydroxyl groups excluding tert-OH is 1. The van der Waals surface area contributed by atoms with Gasteiger partial charge >= 0.3 is 0 Å². The summed E-state index contributed by atoms with van der Waals surface area (Å²) in [5.41, 5.74) is 3.81. The van der Waals surface area contributed by atoms with Crippen LogP contribution in [0.3, 0.4) is 0 Å². The third kappa shape index (κ3) is 4.10. The minimum absolute atomic E-state index is 0.0259. The molecule has 0 unspecified atom stereocenters. The number of aryl methyl sites for hydroxylation is 1. The summed E-state index contributed by atoms with van der Waals surface area (Å²) >= 11 is 0. The van der Waals surface area contributed by atoms with E-state index >= 15 is 0 Å². The summed E-state index contributed by atoms with van der Waals surface area (Å²) in [7, 11) is 0. The number of carbonyl (C=O) groups excluding carboxylic acids is 1. The minimum atomic E-state index is -0.158. The molecule has 0 atom stereocenters. The largest absolute Gasteiger partial charge is 0.511 e. The summed E-state index contributed by atoms with van der Waals surface area (Å²) in [4.78, 5) is 17.6. The SMILES string of the molecule is Cc1ccccc1N=C1CC(C)(C)CC(=O)/C1=C(/O)Cc1ccccc1. The van der Waals surface area contributed by atoms with Gasteiger partial charge in [-0.1, -0.05) is 62.4 Å². The van der Waals surface area contributed by atoms with E-state index in [0.29, 0.717) is 30.5 Å². The molecule has 1 fully saturated rings. The Hall–Kier alpha value is -2.68. The molecule has 1 saturated carbocycles. The van der Waals surface area contributed by atoms with Crippen molar-refractivity contribution in [2.75, 3.05) is 0 Å². The van der Waals surface area contributed by atoms with Crippen molar-refractivity contribution in [2.24, 2.45) is 10.4 Å². The first kappa shape index (κ1) is 18.1. The number of hydrogen-bond donors (Lipinski definition) is 1. The van der Waals surface area contributed by atoms with E-state index in [-0.39, 0.29) is 17.0 Å². The van der Waals surface area contributed by atoms with E-state index in [0.717, 1.165) is 16.8 Å². The summed E-state index contributed by atoms with van der Waals surface area (Å²) in [6, 6.07) is 17.6. The van der Waals surface area contributed by atoms with E-state index in [1.54, 1.807) is 0 Å². The van der Waals surface area contributed by atoms with Crippen LogP contribution in [0.5, 0.6) is 0 Å². The fraction of sp³-hybridized carbons (Fsp3) is 0.304. The highest BCUT2D eigenvalue weighted by atomic mass is 16.3. The van der Waals surface area contributed by atoms with Gasteiger partial charge in [0.2, 0.25) is 0 Å². The van der Waals surface area contributed by atoms with Crippen LogP contribution in [0.4, 0.5) is 5.69 Å². The topological polar surface area (TPSA) is 49.7 Å². The Labute approximate surface area is 155 Å². The summed E-state index contributed by atoms with van der Waals surface area (Å²) < 4.78 is 0. The number of ketones is 1. The van der Waals surface area contributed by atoms with Gasteiger partial charge in [0.1, 0.15) is 5.76 Å². The van der Waals surface area contributed by atoms with Crippen molar-refractivity contribution in [1.82, 2.24) is 0 Å². The normalized spacial score (nSPS) is 20.3. The van der Waals surface area contributed by atoms with Gasteiger partial charge in [0, 0.05) is 12.8 Å². The maximum absolute atomic E-state index is 12.8. The average molecular weight is 347 g/mol. The van der Waals surface area contributed by atoms with Crippen LogP contribution < -0.4 is 0 Å². The lowest BCUT2D eigenvalue weighted by Gasteiger charge is -2.31. The molecule has 1 aliphatic rings.